The van der Waals surface area contributed by atoms with Crippen LogP contribution in [0.5, 0.6) is 0 Å². The van der Waals surface area contributed by atoms with Gasteiger partial charge in [-0.25, -0.2) is 27.3 Å². The minimum absolute atomic E-state index is 0.0107. The van der Waals surface area contributed by atoms with Crippen LogP contribution in [0.2, 0.25) is 0 Å². The number of halogens is 1. The number of fused-ring (bicyclic) bond motifs is 2. The van der Waals surface area contributed by atoms with Gasteiger partial charge in [0.05, 0.1) is 29.5 Å². The first-order valence-corrected chi connectivity index (χ1v) is 12.3. The number of nitrogens with zero attached hydrogens (tertiary/aromatic N) is 5. The van der Waals surface area contributed by atoms with Gasteiger partial charge in [-0.05, 0) is 19.1 Å². The van der Waals surface area contributed by atoms with E-state index < -0.39 is 15.7 Å². The largest absolute Gasteiger partial charge is 0.377 e. The zero-order valence-electron chi connectivity index (χ0n) is 16.7. The monoisotopic (exact) mass is 462 g/mol. The number of morpholine rings is 1. The molecular formula is C19H19FN6O3S2. The van der Waals surface area contributed by atoms with Crippen molar-refractivity contribution in [1.82, 2.24) is 19.5 Å². The quantitative estimate of drug-likeness (QED) is 0.493. The summed E-state index contributed by atoms with van der Waals surface area (Å²) in [6, 6.07) is 4.53. The Morgan fingerprint density at radius 1 is 1.26 bits per heavy atom. The lowest BCUT2D eigenvalue weighted by atomic mass is 10.2. The normalized spacial score (nSPS) is 17.6. The molecule has 0 amide bonds. The van der Waals surface area contributed by atoms with E-state index in [4.69, 9.17) is 15.5 Å². The second-order valence-corrected chi connectivity index (χ2v) is 10.3. The van der Waals surface area contributed by atoms with Crippen LogP contribution in [-0.4, -0.2) is 60.0 Å². The van der Waals surface area contributed by atoms with E-state index in [0.29, 0.717) is 41.3 Å². The number of rotatable bonds is 3. The number of aromatic nitrogens is 4. The van der Waals surface area contributed by atoms with Gasteiger partial charge >= 0.3 is 0 Å². The highest BCUT2D eigenvalue weighted by molar-refractivity contribution is 7.91. The Kier molecular flexibility index (Phi) is 4.61. The van der Waals surface area contributed by atoms with Crippen molar-refractivity contribution in [2.24, 2.45) is 0 Å². The zero-order valence-corrected chi connectivity index (χ0v) is 18.4. The lowest BCUT2D eigenvalue weighted by Gasteiger charge is -2.34. The average Bonchev–Trinajstić information content (AvgIpc) is 3.29. The number of ether oxygens (including phenoxy) is 1. The molecule has 1 aliphatic rings. The number of para-hydroxylation sites is 1. The van der Waals surface area contributed by atoms with Gasteiger partial charge in [0.25, 0.3) is 0 Å². The number of imidazole rings is 1. The Morgan fingerprint density at radius 3 is 2.81 bits per heavy atom. The first-order chi connectivity index (χ1) is 14.8. The molecule has 1 saturated heterocycles. The molecule has 1 fully saturated rings. The molecular weight excluding hydrogens is 443 g/mol. The molecule has 0 saturated carbocycles. The maximum Gasteiger partial charge on any atom is 0.239 e. The standard InChI is InChI=1S/C19H19FN6O3S2/c1-10-8-29-7-6-25(10)17-16-15(13(9-30-16)31(2,27)28)23-19(24-17)26-12-5-3-4-11(20)14(12)22-18(26)21/h3-5,9-10H,6-8H2,1-2H3,(H2,21,22)/t10-/m1/s1. The van der Waals surface area contributed by atoms with E-state index in [0.717, 1.165) is 6.26 Å². The summed E-state index contributed by atoms with van der Waals surface area (Å²) in [7, 11) is -3.53. The van der Waals surface area contributed by atoms with E-state index >= 15 is 0 Å². The fraction of sp³-hybridized carbons (Fsp3) is 0.316. The van der Waals surface area contributed by atoms with E-state index in [2.05, 4.69) is 14.9 Å². The van der Waals surface area contributed by atoms with Gasteiger partial charge in [-0.15, -0.1) is 11.3 Å². The van der Waals surface area contributed by atoms with Crippen molar-refractivity contribution < 1.29 is 17.5 Å². The van der Waals surface area contributed by atoms with Crippen LogP contribution in [0.1, 0.15) is 6.92 Å². The van der Waals surface area contributed by atoms with Gasteiger partial charge in [0, 0.05) is 18.2 Å². The molecule has 162 valence electrons. The van der Waals surface area contributed by atoms with E-state index in [1.807, 2.05) is 6.92 Å². The lowest BCUT2D eigenvalue weighted by molar-refractivity contribution is 0.0987. The van der Waals surface area contributed by atoms with Gasteiger partial charge in [0.1, 0.15) is 15.9 Å². The lowest BCUT2D eigenvalue weighted by Crippen LogP contribution is -2.44. The molecule has 9 nitrogen and oxygen atoms in total. The Balaban J connectivity index is 1.84. The van der Waals surface area contributed by atoms with Crippen molar-refractivity contribution in [3.8, 4) is 5.95 Å². The minimum atomic E-state index is -3.53. The summed E-state index contributed by atoms with van der Waals surface area (Å²) >= 11 is 1.28. The minimum Gasteiger partial charge on any atom is -0.377 e. The zero-order chi connectivity index (χ0) is 21.9. The van der Waals surface area contributed by atoms with Crippen LogP contribution in [0.25, 0.3) is 27.2 Å². The second-order valence-electron chi connectivity index (χ2n) is 7.43. The van der Waals surface area contributed by atoms with Crippen molar-refractivity contribution >= 4 is 54.2 Å². The van der Waals surface area contributed by atoms with Gasteiger partial charge in [0.2, 0.25) is 11.9 Å². The summed E-state index contributed by atoms with van der Waals surface area (Å²) < 4.78 is 46.7. The maximum atomic E-state index is 14.3. The summed E-state index contributed by atoms with van der Waals surface area (Å²) in [5, 5.41) is 1.57. The summed E-state index contributed by atoms with van der Waals surface area (Å²) in [6.07, 6.45) is 1.14. The Labute approximate surface area is 181 Å². The Bertz CT molecular complexity index is 1430. The summed E-state index contributed by atoms with van der Waals surface area (Å²) in [4.78, 5) is 15.6. The predicted molar refractivity (Wildman–Crippen MR) is 117 cm³/mol. The van der Waals surface area contributed by atoms with Crippen LogP contribution < -0.4 is 10.6 Å². The SMILES string of the molecule is C[C@@H]1COCCN1c1nc(-n2c(N)nc3c(F)cccc32)nc2c(S(C)(=O)=O)csc12. The van der Waals surface area contributed by atoms with Crippen molar-refractivity contribution in [2.75, 3.05) is 36.6 Å². The van der Waals surface area contributed by atoms with Crippen LogP contribution in [0, 0.1) is 5.82 Å². The topological polar surface area (TPSA) is 116 Å². The molecule has 0 unspecified atom stereocenters. The molecule has 0 radical (unpaired) electrons. The smallest absolute Gasteiger partial charge is 0.239 e. The second kappa shape index (κ2) is 7.11. The molecule has 5 rings (SSSR count). The number of sulfone groups is 1. The molecule has 4 heterocycles. The highest BCUT2D eigenvalue weighted by Gasteiger charge is 2.28. The van der Waals surface area contributed by atoms with Gasteiger partial charge in [0.15, 0.2) is 21.5 Å². The molecule has 0 bridgehead atoms. The number of anilines is 2. The maximum absolute atomic E-state index is 14.3. The third-order valence-electron chi connectivity index (χ3n) is 5.25. The molecule has 0 aliphatic carbocycles. The van der Waals surface area contributed by atoms with Crippen LogP contribution in [0.15, 0.2) is 28.5 Å². The molecule has 1 atom stereocenters. The van der Waals surface area contributed by atoms with E-state index in [1.54, 1.807) is 17.5 Å². The third-order valence-corrected chi connectivity index (χ3v) is 7.48. The van der Waals surface area contributed by atoms with Crippen LogP contribution in [0.3, 0.4) is 0 Å². The van der Waals surface area contributed by atoms with Crippen molar-refractivity contribution in [3.05, 3.63) is 29.4 Å². The van der Waals surface area contributed by atoms with Crippen LogP contribution >= 0.6 is 11.3 Å². The van der Waals surface area contributed by atoms with Crippen molar-refractivity contribution in [3.63, 3.8) is 0 Å². The number of nitrogens with two attached hydrogens (primary N) is 1. The summed E-state index contributed by atoms with van der Waals surface area (Å²) in [6.45, 7) is 3.64. The number of thiophene rings is 1. The highest BCUT2D eigenvalue weighted by Crippen LogP contribution is 2.37. The number of hydrogen-bond donors (Lipinski definition) is 1. The number of hydrogen-bond acceptors (Lipinski definition) is 9. The molecule has 1 aliphatic heterocycles. The number of benzene rings is 1. The highest BCUT2D eigenvalue weighted by atomic mass is 32.2. The van der Waals surface area contributed by atoms with E-state index in [-0.39, 0.29) is 28.4 Å². The van der Waals surface area contributed by atoms with Crippen LogP contribution in [0.4, 0.5) is 16.2 Å². The molecule has 2 N–H and O–H groups in total. The summed E-state index contributed by atoms with van der Waals surface area (Å²) in [5.41, 5.74) is 6.91. The van der Waals surface area contributed by atoms with Crippen LogP contribution in [-0.2, 0) is 14.6 Å². The first kappa shape index (κ1) is 20.1. The fourth-order valence-electron chi connectivity index (χ4n) is 3.76. The van der Waals surface area contributed by atoms with Gasteiger partial charge in [-0.1, -0.05) is 6.07 Å². The molecule has 1 aromatic carbocycles. The van der Waals surface area contributed by atoms with E-state index in [1.165, 1.54) is 22.0 Å². The number of nitrogen functional groups attached to an aromatic ring is 1. The molecule has 12 heteroatoms. The molecule has 4 aromatic rings. The molecule has 3 aromatic heterocycles. The predicted octanol–water partition coefficient (Wildman–Crippen LogP) is 2.38. The third kappa shape index (κ3) is 3.22. The fourth-order valence-corrected chi connectivity index (χ4v) is 6.04. The first-order valence-electron chi connectivity index (χ1n) is 9.52. The van der Waals surface area contributed by atoms with Gasteiger partial charge < -0.3 is 15.4 Å². The van der Waals surface area contributed by atoms with Crippen molar-refractivity contribution in [1.29, 1.82) is 0 Å². The molecule has 0 spiro atoms. The summed E-state index contributed by atoms with van der Waals surface area (Å²) in [5.74, 6) is 0.221. The van der Waals surface area contributed by atoms with Gasteiger partial charge in [-0.2, -0.15) is 4.98 Å². The Morgan fingerprint density at radius 2 is 2.06 bits per heavy atom. The van der Waals surface area contributed by atoms with E-state index in [9.17, 15) is 12.8 Å². The van der Waals surface area contributed by atoms with Crippen molar-refractivity contribution in [2.45, 2.75) is 17.9 Å². The van der Waals surface area contributed by atoms with Gasteiger partial charge in [-0.3, -0.25) is 0 Å². The average molecular weight is 463 g/mol. The molecule has 31 heavy (non-hydrogen) atoms. The Hall–Kier alpha value is -2.83.